The summed E-state index contributed by atoms with van der Waals surface area (Å²) >= 11 is 0. The summed E-state index contributed by atoms with van der Waals surface area (Å²) in [6.45, 7) is 4.33. The number of fused-ring (bicyclic) bond motifs is 1. The molecular weight excluding hydrogens is 246 g/mol. The van der Waals surface area contributed by atoms with Gasteiger partial charge in [-0.15, -0.1) is 0 Å². The number of sulfone groups is 1. The summed E-state index contributed by atoms with van der Waals surface area (Å²) in [4.78, 5) is 0.512. The molecule has 1 aromatic rings. The molecule has 0 fully saturated rings. The van der Waals surface area contributed by atoms with Crippen LogP contribution in [0.25, 0.3) is 0 Å². The van der Waals surface area contributed by atoms with Crippen molar-refractivity contribution in [2.24, 2.45) is 0 Å². The van der Waals surface area contributed by atoms with E-state index in [4.69, 9.17) is 0 Å². The summed E-state index contributed by atoms with van der Waals surface area (Å²) in [5.41, 5.74) is 0.937. The molecule has 0 aromatic heterocycles. The normalized spacial score (nSPS) is 23.3. The third-order valence-electron chi connectivity index (χ3n) is 3.51. The largest absolute Gasteiger partial charge is 0.307 e. The van der Waals surface area contributed by atoms with Crippen LogP contribution in [0.3, 0.4) is 0 Å². The van der Waals surface area contributed by atoms with Crippen LogP contribution >= 0.6 is 0 Å². The van der Waals surface area contributed by atoms with Crippen molar-refractivity contribution < 1.29 is 8.42 Å². The molecule has 2 unspecified atom stereocenters. The Morgan fingerprint density at radius 2 is 2.11 bits per heavy atom. The predicted octanol–water partition coefficient (Wildman–Crippen LogP) is 2.68. The van der Waals surface area contributed by atoms with Crippen LogP contribution in [0.15, 0.2) is 29.2 Å². The third kappa shape index (κ3) is 2.75. The molecule has 100 valence electrons. The minimum absolute atomic E-state index is 0.172. The topological polar surface area (TPSA) is 46.2 Å². The summed E-state index contributed by atoms with van der Waals surface area (Å²) < 4.78 is 24.0. The first-order valence-electron chi connectivity index (χ1n) is 6.62. The van der Waals surface area contributed by atoms with Crippen molar-refractivity contribution in [1.82, 2.24) is 5.32 Å². The molecule has 0 saturated heterocycles. The first kappa shape index (κ1) is 13.6. The standard InChI is InChI=1S/C14H21NO2S/c1-3-6-11(2)15-13-9-10-18(16,17)14-8-5-4-7-12(13)14/h4-5,7-8,11,13,15H,3,6,9-10H2,1-2H3. The van der Waals surface area contributed by atoms with Gasteiger partial charge in [-0.2, -0.15) is 0 Å². The van der Waals surface area contributed by atoms with Gasteiger partial charge in [-0.25, -0.2) is 8.42 Å². The fourth-order valence-corrected chi connectivity index (χ4v) is 4.24. The minimum Gasteiger partial charge on any atom is -0.307 e. The lowest BCUT2D eigenvalue weighted by Gasteiger charge is -2.29. The van der Waals surface area contributed by atoms with E-state index >= 15 is 0 Å². The van der Waals surface area contributed by atoms with Crippen LogP contribution in [-0.2, 0) is 9.84 Å². The lowest BCUT2D eigenvalue weighted by molar-refractivity contribution is 0.414. The molecule has 0 aliphatic carbocycles. The summed E-state index contributed by atoms with van der Waals surface area (Å²) in [7, 11) is -3.06. The molecule has 1 aromatic carbocycles. The molecule has 1 aliphatic rings. The first-order chi connectivity index (χ1) is 8.54. The monoisotopic (exact) mass is 267 g/mol. The zero-order chi connectivity index (χ0) is 13.2. The van der Waals surface area contributed by atoms with Gasteiger partial charge in [0.15, 0.2) is 9.84 Å². The second-order valence-corrected chi connectivity index (χ2v) is 7.13. The summed E-state index contributed by atoms with van der Waals surface area (Å²) in [5, 5.41) is 3.55. The molecule has 0 spiro atoms. The van der Waals surface area contributed by atoms with E-state index in [1.807, 2.05) is 12.1 Å². The quantitative estimate of drug-likeness (QED) is 0.912. The Morgan fingerprint density at radius 3 is 2.83 bits per heavy atom. The van der Waals surface area contributed by atoms with Crippen LogP contribution in [0.5, 0.6) is 0 Å². The van der Waals surface area contributed by atoms with Gasteiger partial charge in [-0.05, 0) is 31.4 Å². The van der Waals surface area contributed by atoms with Gasteiger partial charge in [-0.1, -0.05) is 31.5 Å². The van der Waals surface area contributed by atoms with Crippen LogP contribution in [0.2, 0.25) is 0 Å². The molecule has 3 nitrogen and oxygen atoms in total. The first-order valence-corrected chi connectivity index (χ1v) is 8.27. The van der Waals surface area contributed by atoms with Crippen molar-refractivity contribution in [3.8, 4) is 0 Å². The van der Waals surface area contributed by atoms with E-state index in [1.54, 1.807) is 12.1 Å². The lowest BCUT2D eigenvalue weighted by atomic mass is 10.0. The average Bonchev–Trinajstić information content (AvgIpc) is 2.34. The van der Waals surface area contributed by atoms with Gasteiger partial charge in [0.05, 0.1) is 10.6 Å². The molecule has 18 heavy (non-hydrogen) atoms. The van der Waals surface area contributed by atoms with Gasteiger partial charge in [0.1, 0.15) is 0 Å². The van der Waals surface area contributed by atoms with Crippen LogP contribution in [-0.4, -0.2) is 20.2 Å². The summed E-state index contributed by atoms with van der Waals surface area (Å²) in [6, 6.07) is 7.97. The fraction of sp³-hybridized carbons (Fsp3) is 0.571. The van der Waals surface area contributed by atoms with E-state index in [2.05, 4.69) is 19.2 Å². The average molecular weight is 267 g/mol. The van der Waals surface area contributed by atoms with E-state index in [-0.39, 0.29) is 11.8 Å². The van der Waals surface area contributed by atoms with Gasteiger partial charge in [0, 0.05) is 12.1 Å². The molecule has 2 atom stereocenters. The Hall–Kier alpha value is -0.870. The van der Waals surface area contributed by atoms with Crippen LogP contribution < -0.4 is 5.32 Å². The lowest BCUT2D eigenvalue weighted by Crippen LogP contribution is -2.35. The number of rotatable bonds is 4. The van der Waals surface area contributed by atoms with Crippen molar-refractivity contribution in [2.75, 3.05) is 5.75 Å². The maximum Gasteiger partial charge on any atom is 0.178 e. The fourth-order valence-electron chi connectivity index (χ4n) is 2.62. The van der Waals surface area contributed by atoms with Crippen LogP contribution in [0, 0.1) is 0 Å². The van der Waals surface area contributed by atoms with Gasteiger partial charge < -0.3 is 5.32 Å². The highest BCUT2D eigenvalue weighted by molar-refractivity contribution is 7.91. The number of hydrogen-bond acceptors (Lipinski definition) is 3. The van der Waals surface area contributed by atoms with Gasteiger partial charge >= 0.3 is 0 Å². The Bertz CT molecular complexity index is 510. The number of benzene rings is 1. The Kier molecular flexibility index (Phi) is 4.07. The van der Waals surface area contributed by atoms with E-state index in [9.17, 15) is 8.42 Å². The van der Waals surface area contributed by atoms with Crippen molar-refractivity contribution in [3.05, 3.63) is 29.8 Å². The number of hydrogen-bond donors (Lipinski definition) is 1. The van der Waals surface area contributed by atoms with Crippen LogP contribution in [0.4, 0.5) is 0 Å². The van der Waals surface area contributed by atoms with Crippen molar-refractivity contribution in [3.63, 3.8) is 0 Å². The van der Waals surface area contributed by atoms with Gasteiger partial charge in [0.25, 0.3) is 0 Å². The smallest absolute Gasteiger partial charge is 0.178 e. The molecule has 1 heterocycles. The predicted molar refractivity (Wildman–Crippen MR) is 73.4 cm³/mol. The Balaban J connectivity index is 2.26. The highest BCUT2D eigenvalue weighted by Gasteiger charge is 2.30. The molecule has 4 heteroatoms. The summed E-state index contributed by atoms with van der Waals surface area (Å²) in [5.74, 6) is 0.251. The second-order valence-electron chi connectivity index (χ2n) is 5.05. The molecular formula is C14H21NO2S. The van der Waals surface area contributed by atoms with E-state index < -0.39 is 9.84 Å². The molecule has 1 N–H and O–H groups in total. The molecule has 2 rings (SSSR count). The van der Waals surface area contributed by atoms with E-state index in [0.717, 1.165) is 18.4 Å². The molecule has 0 bridgehead atoms. The zero-order valence-corrected chi connectivity index (χ0v) is 11.8. The van der Waals surface area contributed by atoms with Crippen molar-refractivity contribution >= 4 is 9.84 Å². The molecule has 0 amide bonds. The SMILES string of the molecule is CCCC(C)NC1CCS(=O)(=O)c2ccccc21. The maximum absolute atomic E-state index is 12.0. The number of nitrogens with one attached hydrogen (secondary N) is 1. The van der Waals surface area contributed by atoms with Crippen molar-refractivity contribution in [1.29, 1.82) is 0 Å². The molecule has 0 radical (unpaired) electrons. The Labute approximate surface area is 110 Å². The molecule has 0 saturated carbocycles. The summed E-state index contributed by atoms with van der Waals surface area (Å²) in [6.07, 6.45) is 2.93. The van der Waals surface area contributed by atoms with E-state index in [0.29, 0.717) is 17.4 Å². The van der Waals surface area contributed by atoms with Crippen LogP contribution in [0.1, 0.15) is 44.7 Å². The van der Waals surface area contributed by atoms with Gasteiger partial charge in [-0.3, -0.25) is 0 Å². The third-order valence-corrected chi connectivity index (χ3v) is 5.33. The Morgan fingerprint density at radius 1 is 1.39 bits per heavy atom. The maximum atomic E-state index is 12.0. The van der Waals surface area contributed by atoms with Gasteiger partial charge in [0.2, 0.25) is 0 Å². The van der Waals surface area contributed by atoms with E-state index in [1.165, 1.54) is 0 Å². The minimum atomic E-state index is -3.06. The highest BCUT2D eigenvalue weighted by atomic mass is 32.2. The molecule has 1 aliphatic heterocycles. The highest BCUT2D eigenvalue weighted by Crippen LogP contribution is 2.32. The zero-order valence-electron chi connectivity index (χ0n) is 11.0. The van der Waals surface area contributed by atoms with Crippen molar-refractivity contribution in [2.45, 2.75) is 50.1 Å². The second kappa shape index (κ2) is 5.41.